The van der Waals surface area contributed by atoms with Gasteiger partial charge in [0.25, 0.3) is 0 Å². The van der Waals surface area contributed by atoms with Gasteiger partial charge >= 0.3 is 0 Å². The predicted molar refractivity (Wildman–Crippen MR) is 106 cm³/mol. The van der Waals surface area contributed by atoms with E-state index in [1.54, 1.807) is 11.1 Å². The molecular weight excluding hydrogens is 320 g/mol. The zero-order valence-corrected chi connectivity index (χ0v) is 15.2. The van der Waals surface area contributed by atoms with Crippen LogP contribution in [0, 0.1) is 0 Å². The van der Waals surface area contributed by atoms with Gasteiger partial charge in [-0.2, -0.15) is 0 Å². The summed E-state index contributed by atoms with van der Waals surface area (Å²) in [4.78, 5) is 2.68. The molecule has 0 heterocycles. The Balaban J connectivity index is 1.63. The average molecular weight is 343 g/mol. The SMILES string of the molecule is c1ccc(Sc2ccc3c(c2)C2(CCCCC2)c2ccccc2-3)cc1. The monoisotopic (exact) mass is 342 g/mol. The minimum atomic E-state index is 0.261. The van der Waals surface area contributed by atoms with Crippen LogP contribution in [0.3, 0.4) is 0 Å². The highest BCUT2D eigenvalue weighted by Crippen LogP contribution is 2.56. The second-order valence-corrected chi connectivity index (χ2v) is 8.46. The van der Waals surface area contributed by atoms with Crippen molar-refractivity contribution < 1.29 is 0 Å². The number of fused-ring (bicyclic) bond motifs is 5. The number of rotatable bonds is 2. The largest absolute Gasteiger partial charge is 0.0901 e. The Hall–Kier alpha value is -1.99. The summed E-state index contributed by atoms with van der Waals surface area (Å²) < 4.78 is 0. The highest BCUT2D eigenvalue weighted by molar-refractivity contribution is 7.99. The topological polar surface area (TPSA) is 0 Å². The van der Waals surface area contributed by atoms with Gasteiger partial charge in [-0.05, 0) is 59.4 Å². The molecule has 0 saturated heterocycles. The minimum Gasteiger partial charge on any atom is -0.0901 e. The van der Waals surface area contributed by atoms with Gasteiger partial charge < -0.3 is 0 Å². The second-order valence-electron chi connectivity index (χ2n) is 7.31. The van der Waals surface area contributed by atoms with E-state index in [1.165, 1.54) is 53.0 Å². The highest BCUT2D eigenvalue weighted by atomic mass is 32.2. The molecule has 0 unspecified atom stereocenters. The summed E-state index contributed by atoms with van der Waals surface area (Å²) in [6.07, 6.45) is 6.69. The van der Waals surface area contributed by atoms with E-state index in [-0.39, 0.29) is 5.41 Å². The lowest BCUT2D eigenvalue weighted by Crippen LogP contribution is -2.28. The van der Waals surface area contributed by atoms with Gasteiger partial charge in [-0.25, -0.2) is 0 Å². The van der Waals surface area contributed by atoms with Crippen molar-refractivity contribution in [3.63, 3.8) is 0 Å². The summed E-state index contributed by atoms with van der Waals surface area (Å²) in [5.74, 6) is 0. The first-order valence-corrected chi connectivity index (χ1v) is 10.2. The maximum absolute atomic E-state index is 2.48. The van der Waals surface area contributed by atoms with Gasteiger partial charge in [0.05, 0.1) is 0 Å². The van der Waals surface area contributed by atoms with Gasteiger partial charge in [0.2, 0.25) is 0 Å². The summed E-state index contributed by atoms with van der Waals surface area (Å²) >= 11 is 1.88. The minimum absolute atomic E-state index is 0.261. The summed E-state index contributed by atoms with van der Waals surface area (Å²) in [7, 11) is 0. The third-order valence-corrected chi connectivity index (χ3v) is 6.92. The second kappa shape index (κ2) is 6.07. The Morgan fingerprint density at radius 1 is 0.600 bits per heavy atom. The van der Waals surface area contributed by atoms with Gasteiger partial charge in [-0.15, -0.1) is 0 Å². The van der Waals surface area contributed by atoms with Crippen molar-refractivity contribution in [2.24, 2.45) is 0 Å². The Morgan fingerprint density at radius 2 is 1.32 bits per heavy atom. The molecule has 0 radical (unpaired) electrons. The standard InChI is InChI=1S/C24H22S/c1-3-9-18(10-4-1)25-19-13-14-21-20-11-5-6-12-22(20)24(23(21)17-19)15-7-2-8-16-24/h1,3-6,9-14,17H,2,7-8,15-16H2. The molecule has 1 fully saturated rings. The number of hydrogen-bond acceptors (Lipinski definition) is 1. The zero-order chi connectivity index (χ0) is 16.7. The van der Waals surface area contributed by atoms with Crippen molar-refractivity contribution in [1.29, 1.82) is 0 Å². The Morgan fingerprint density at radius 3 is 2.16 bits per heavy atom. The molecule has 0 nitrogen and oxygen atoms in total. The van der Waals surface area contributed by atoms with Crippen molar-refractivity contribution in [3.05, 3.63) is 83.9 Å². The van der Waals surface area contributed by atoms with E-state index in [0.717, 1.165) is 0 Å². The van der Waals surface area contributed by atoms with E-state index >= 15 is 0 Å². The molecule has 5 rings (SSSR count). The van der Waals surface area contributed by atoms with Crippen LogP contribution in [0.1, 0.15) is 43.2 Å². The molecule has 2 aliphatic rings. The zero-order valence-electron chi connectivity index (χ0n) is 14.4. The molecule has 0 bridgehead atoms. The average Bonchev–Trinajstić information content (AvgIpc) is 2.93. The van der Waals surface area contributed by atoms with E-state index in [1.807, 2.05) is 11.8 Å². The lowest BCUT2D eigenvalue weighted by Gasteiger charge is -2.36. The first kappa shape index (κ1) is 15.3. The fourth-order valence-corrected chi connectivity index (χ4v) is 5.69. The number of hydrogen-bond donors (Lipinski definition) is 0. The molecule has 2 aliphatic carbocycles. The molecule has 1 saturated carbocycles. The molecule has 1 heteroatoms. The van der Waals surface area contributed by atoms with Crippen molar-refractivity contribution in [2.45, 2.75) is 47.3 Å². The first-order chi connectivity index (χ1) is 12.4. The van der Waals surface area contributed by atoms with Crippen LogP contribution in [-0.2, 0) is 5.41 Å². The lowest BCUT2D eigenvalue weighted by atomic mass is 9.68. The molecule has 1 spiro atoms. The molecule has 0 amide bonds. The maximum atomic E-state index is 2.48. The third-order valence-electron chi connectivity index (χ3n) is 5.93. The summed E-state index contributed by atoms with van der Waals surface area (Å²) in [6.45, 7) is 0. The quantitative estimate of drug-likeness (QED) is 0.480. The van der Waals surface area contributed by atoms with Crippen LogP contribution in [0.25, 0.3) is 11.1 Å². The van der Waals surface area contributed by atoms with Gasteiger partial charge in [0.15, 0.2) is 0 Å². The van der Waals surface area contributed by atoms with Crippen molar-refractivity contribution >= 4 is 11.8 Å². The van der Waals surface area contributed by atoms with E-state index in [4.69, 9.17) is 0 Å². The van der Waals surface area contributed by atoms with Crippen molar-refractivity contribution in [3.8, 4) is 11.1 Å². The molecule has 0 aromatic heterocycles. The van der Waals surface area contributed by atoms with E-state index in [0.29, 0.717) is 0 Å². The van der Waals surface area contributed by atoms with Gasteiger partial charge in [-0.1, -0.05) is 79.6 Å². The normalized spacial score (nSPS) is 17.3. The molecule has 3 aromatic carbocycles. The van der Waals surface area contributed by atoms with Crippen LogP contribution in [0.4, 0.5) is 0 Å². The van der Waals surface area contributed by atoms with Crippen LogP contribution in [0.15, 0.2) is 82.6 Å². The van der Waals surface area contributed by atoms with Crippen LogP contribution < -0.4 is 0 Å². The smallest absolute Gasteiger partial charge is 0.0215 e. The highest BCUT2D eigenvalue weighted by Gasteiger charge is 2.43. The van der Waals surface area contributed by atoms with Gasteiger partial charge in [-0.3, -0.25) is 0 Å². The Kier molecular flexibility index (Phi) is 3.71. The number of benzene rings is 3. The van der Waals surface area contributed by atoms with Crippen molar-refractivity contribution in [1.82, 2.24) is 0 Å². The van der Waals surface area contributed by atoms with E-state index in [9.17, 15) is 0 Å². The molecule has 25 heavy (non-hydrogen) atoms. The van der Waals surface area contributed by atoms with E-state index < -0.39 is 0 Å². The molecule has 124 valence electrons. The summed E-state index contributed by atoms with van der Waals surface area (Å²) in [5, 5.41) is 0. The van der Waals surface area contributed by atoms with Crippen LogP contribution >= 0.6 is 11.8 Å². The predicted octanol–water partition coefficient (Wildman–Crippen LogP) is 7.07. The first-order valence-electron chi connectivity index (χ1n) is 9.34. The fraction of sp³-hybridized carbons (Fsp3) is 0.250. The van der Waals surface area contributed by atoms with Crippen LogP contribution in [0.5, 0.6) is 0 Å². The van der Waals surface area contributed by atoms with E-state index in [2.05, 4.69) is 72.8 Å². The maximum Gasteiger partial charge on any atom is 0.0215 e. The van der Waals surface area contributed by atoms with Crippen molar-refractivity contribution in [2.75, 3.05) is 0 Å². The fourth-order valence-electron chi connectivity index (χ4n) is 4.82. The van der Waals surface area contributed by atoms with Gasteiger partial charge in [0.1, 0.15) is 0 Å². The summed E-state index contributed by atoms with van der Waals surface area (Å²) in [5.41, 5.74) is 6.35. The molecule has 3 aromatic rings. The van der Waals surface area contributed by atoms with Crippen LogP contribution in [-0.4, -0.2) is 0 Å². The lowest BCUT2D eigenvalue weighted by molar-refractivity contribution is 0.352. The Labute approximate surface area is 154 Å². The molecular formula is C24H22S. The molecule has 0 aliphatic heterocycles. The van der Waals surface area contributed by atoms with Gasteiger partial charge in [0, 0.05) is 15.2 Å². The Bertz CT molecular complexity index is 904. The van der Waals surface area contributed by atoms with Crippen LogP contribution in [0.2, 0.25) is 0 Å². The third kappa shape index (κ3) is 2.45. The summed E-state index contributed by atoms with van der Waals surface area (Å²) in [6, 6.07) is 27.0. The molecule has 0 atom stereocenters. The molecule has 0 N–H and O–H groups in total.